The van der Waals surface area contributed by atoms with Crippen LogP contribution in [0.15, 0.2) is 52.6 Å². The van der Waals surface area contributed by atoms with Gasteiger partial charge in [-0.25, -0.2) is 0 Å². The van der Waals surface area contributed by atoms with Crippen molar-refractivity contribution in [2.45, 2.75) is 28.6 Å². The van der Waals surface area contributed by atoms with Crippen LogP contribution >= 0.6 is 11.8 Å². The van der Waals surface area contributed by atoms with Gasteiger partial charge < -0.3 is 15.0 Å². The summed E-state index contributed by atoms with van der Waals surface area (Å²) in [5.74, 6) is 0.965. The molecule has 1 aliphatic carbocycles. The minimum atomic E-state index is 0.0413. The number of benzene rings is 1. The van der Waals surface area contributed by atoms with Crippen molar-refractivity contribution in [3.63, 3.8) is 0 Å². The molecule has 1 aromatic carbocycles. The standard InChI is InChI=1S/C20H27N5OS/c1-21-19(22-15-20(8-9-20)27-17-6-4-3-5-7-17)25-10-11-26-18(14-25)16-12-23-24(2)13-16/h3-7,12-13,18H,8-11,14-15H2,1-2H3,(H,21,22). The predicted molar refractivity (Wildman–Crippen MR) is 109 cm³/mol. The summed E-state index contributed by atoms with van der Waals surface area (Å²) >= 11 is 1.98. The lowest BCUT2D eigenvalue weighted by Crippen LogP contribution is -2.49. The van der Waals surface area contributed by atoms with E-state index in [1.165, 1.54) is 17.7 Å². The number of nitrogens with zero attached hydrogens (tertiary/aromatic N) is 4. The fourth-order valence-corrected chi connectivity index (χ4v) is 4.66. The Morgan fingerprint density at radius 1 is 1.37 bits per heavy atom. The molecule has 1 saturated carbocycles. The van der Waals surface area contributed by atoms with E-state index in [0.717, 1.165) is 31.2 Å². The molecule has 2 fully saturated rings. The van der Waals surface area contributed by atoms with Crippen molar-refractivity contribution in [2.75, 3.05) is 33.3 Å². The summed E-state index contributed by atoms with van der Waals surface area (Å²) in [5.41, 5.74) is 1.12. The highest BCUT2D eigenvalue weighted by Gasteiger charge is 2.44. The largest absolute Gasteiger partial charge is 0.370 e. The van der Waals surface area contributed by atoms with Gasteiger partial charge in [0.15, 0.2) is 5.96 Å². The zero-order valence-corrected chi connectivity index (χ0v) is 16.8. The lowest BCUT2D eigenvalue weighted by molar-refractivity contribution is -0.00801. The van der Waals surface area contributed by atoms with E-state index in [1.54, 1.807) is 0 Å². The number of aryl methyl sites for hydroxylation is 1. The highest BCUT2D eigenvalue weighted by molar-refractivity contribution is 8.01. The normalized spacial score (nSPS) is 21.9. The van der Waals surface area contributed by atoms with E-state index < -0.39 is 0 Å². The Hall–Kier alpha value is -1.99. The molecule has 4 rings (SSSR count). The third-order valence-corrected chi connectivity index (χ3v) is 6.62. The maximum atomic E-state index is 5.96. The van der Waals surface area contributed by atoms with Crippen LogP contribution in [0.4, 0.5) is 0 Å². The van der Waals surface area contributed by atoms with Crippen molar-refractivity contribution < 1.29 is 4.74 Å². The van der Waals surface area contributed by atoms with Crippen LogP contribution in [0.5, 0.6) is 0 Å². The first-order valence-corrected chi connectivity index (χ1v) is 10.3. The first kappa shape index (κ1) is 18.4. The lowest BCUT2D eigenvalue weighted by Gasteiger charge is -2.35. The summed E-state index contributed by atoms with van der Waals surface area (Å²) in [7, 11) is 3.80. The summed E-state index contributed by atoms with van der Waals surface area (Å²) in [6, 6.07) is 10.7. The van der Waals surface area contributed by atoms with Gasteiger partial charge in [0.2, 0.25) is 0 Å². The smallest absolute Gasteiger partial charge is 0.193 e. The summed E-state index contributed by atoms with van der Waals surface area (Å²) in [6.45, 7) is 3.29. The molecule has 2 heterocycles. The Bertz CT molecular complexity index is 787. The average Bonchev–Trinajstić information content (AvgIpc) is 3.32. The van der Waals surface area contributed by atoms with Crippen LogP contribution in [0, 0.1) is 0 Å². The maximum Gasteiger partial charge on any atom is 0.193 e. The quantitative estimate of drug-likeness (QED) is 0.634. The van der Waals surface area contributed by atoms with Crippen LogP contribution in [0.1, 0.15) is 24.5 Å². The molecule has 0 spiro atoms. The van der Waals surface area contributed by atoms with Gasteiger partial charge in [0.05, 0.1) is 19.3 Å². The molecule has 1 saturated heterocycles. The van der Waals surface area contributed by atoms with Gasteiger partial charge in [-0.3, -0.25) is 9.67 Å². The summed E-state index contributed by atoms with van der Waals surface area (Å²) in [4.78, 5) is 8.17. The summed E-state index contributed by atoms with van der Waals surface area (Å²) in [6.07, 6.45) is 6.45. The van der Waals surface area contributed by atoms with Gasteiger partial charge >= 0.3 is 0 Å². The van der Waals surface area contributed by atoms with Crippen molar-refractivity contribution in [2.24, 2.45) is 12.0 Å². The second kappa shape index (κ2) is 7.94. The molecule has 0 amide bonds. The third-order valence-electron chi connectivity index (χ3n) is 5.13. The van der Waals surface area contributed by atoms with Gasteiger partial charge in [-0.2, -0.15) is 5.10 Å². The fourth-order valence-electron chi connectivity index (χ4n) is 3.42. The van der Waals surface area contributed by atoms with Crippen LogP contribution < -0.4 is 5.32 Å². The topological polar surface area (TPSA) is 54.7 Å². The van der Waals surface area contributed by atoms with Crippen molar-refractivity contribution >= 4 is 17.7 Å². The van der Waals surface area contributed by atoms with E-state index in [4.69, 9.17) is 4.74 Å². The first-order chi connectivity index (χ1) is 13.2. The number of rotatable bonds is 5. The van der Waals surface area contributed by atoms with Crippen LogP contribution in [0.25, 0.3) is 0 Å². The minimum absolute atomic E-state index is 0.0413. The van der Waals surface area contributed by atoms with Crippen molar-refractivity contribution in [1.29, 1.82) is 0 Å². The number of aromatic nitrogens is 2. The van der Waals surface area contributed by atoms with E-state index in [-0.39, 0.29) is 6.10 Å². The summed E-state index contributed by atoms with van der Waals surface area (Å²) in [5, 5.41) is 7.89. The zero-order chi connectivity index (χ0) is 18.7. The van der Waals surface area contributed by atoms with Crippen LogP contribution in [0.3, 0.4) is 0 Å². The molecule has 1 aromatic heterocycles. The fraction of sp³-hybridized carbons (Fsp3) is 0.500. The molecule has 0 radical (unpaired) electrons. The molecule has 27 heavy (non-hydrogen) atoms. The Labute approximate surface area is 165 Å². The van der Waals surface area contributed by atoms with E-state index in [9.17, 15) is 0 Å². The van der Waals surface area contributed by atoms with Crippen molar-refractivity contribution in [1.82, 2.24) is 20.0 Å². The Balaban J connectivity index is 1.35. The zero-order valence-electron chi connectivity index (χ0n) is 16.0. The number of aliphatic imine (C=N–C) groups is 1. The highest BCUT2D eigenvalue weighted by Crippen LogP contribution is 2.51. The van der Waals surface area contributed by atoms with E-state index in [0.29, 0.717) is 11.4 Å². The molecule has 1 aliphatic heterocycles. The molecule has 1 unspecified atom stereocenters. The minimum Gasteiger partial charge on any atom is -0.370 e. The second-order valence-electron chi connectivity index (χ2n) is 7.25. The molecule has 144 valence electrons. The van der Waals surface area contributed by atoms with Gasteiger partial charge in [0.1, 0.15) is 6.10 Å². The highest BCUT2D eigenvalue weighted by atomic mass is 32.2. The lowest BCUT2D eigenvalue weighted by atomic mass is 10.1. The molecule has 2 aliphatic rings. The predicted octanol–water partition coefficient (Wildman–Crippen LogP) is 2.69. The van der Waals surface area contributed by atoms with Crippen molar-refractivity contribution in [3.05, 3.63) is 48.3 Å². The van der Waals surface area contributed by atoms with Crippen LogP contribution in [-0.4, -0.2) is 58.7 Å². The van der Waals surface area contributed by atoms with Gasteiger partial charge in [-0.1, -0.05) is 18.2 Å². The van der Waals surface area contributed by atoms with Crippen LogP contribution in [0.2, 0.25) is 0 Å². The molecule has 6 nitrogen and oxygen atoms in total. The second-order valence-corrected chi connectivity index (χ2v) is 8.79. The Morgan fingerprint density at radius 2 is 2.19 bits per heavy atom. The monoisotopic (exact) mass is 385 g/mol. The first-order valence-electron chi connectivity index (χ1n) is 9.47. The molecule has 0 bridgehead atoms. The molecule has 1 atom stereocenters. The Kier molecular flexibility index (Phi) is 5.41. The van der Waals surface area contributed by atoms with Gasteiger partial charge in [0, 0.05) is 48.6 Å². The van der Waals surface area contributed by atoms with E-state index in [2.05, 4.69) is 50.6 Å². The number of thioether (sulfide) groups is 1. The van der Waals surface area contributed by atoms with Crippen molar-refractivity contribution in [3.8, 4) is 0 Å². The summed E-state index contributed by atoms with van der Waals surface area (Å²) < 4.78 is 8.08. The van der Waals surface area contributed by atoms with Gasteiger partial charge in [-0.05, 0) is 25.0 Å². The SMILES string of the molecule is CN=C(NCC1(Sc2ccccc2)CC1)N1CCOC(c2cnn(C)c2)C1. The molecular formula is C20H27N5OS. The molecule has 7 heteroatoms. The van der Waals surface area contributed by atoms with Gasteiger partial charge in [0.25, 0.3) is 0 Å². The molecular weight excluding hydrogens is 358 g/mol. The average molecular weight is 386 g/mol. The van der Waals surface area contributed by atoms with Crippen LogP contribution in [-0.2, 0) is 11.8 Å². The maximum absolute atomic E-state index is 5.96. The number of guanidine groups is 1. The number of ether oxygens (including phenoxy) is 1. The van der Waals surface area contributed by atoms with E-state index in [1.807, 2.05) is 42.9 Å². The third kappa shape index (κ3) is 4.47. The van der Waals surface area contributed by atoms with E-state index >= 15 is 0 Å². The number of hydrogen-bond acceptors (Lipinski definition) is 4. The number of morpholine rings is 1. The number of hydrogen-bond donors (Lipinski definition) is 1. The Morgan fingerprint density at radius 3 is 2.85 bits per heavy atom. The molecule has 2 aromatic rings. The number of nitrogens with one attached hydrogen (secondary N) is 1. The van der Waals surface area contributed by atoms with Gasteiger partial charge in [-0.15, -0.1) is 11.8 Å². The molecule has 1 N–H and O–H groups in total.